The third-order valence-corrected chi connectivity index (χ3v) is 3.24. The molecule has 2 aromatic rings. The van der Waals surface area contributed by atoms with Gasteiger partial charge in [-0.3, -0.25) is 4.79 Å². The van der Waals surface area contributed by atoms with Gasteiger partial charge >= 0.3 is 0 Å². The first kappa shape index (κ1) is 14.3. The zero-order chi connectivity index (χ0) is 15.5. The molecule has 1 fully saturated rings. The highest BCUT2D eigenvalue weighted by atomic mass is 16.1. The molecule has 1 heterocycles. The molecule has 3 N–H and O–H groups in total. The van der Waals surface area contributed by atoms with E-state index in [0.717, 1.165) is 22.9 Å². The number of nitrogens with one attached hydrogen (secondary N) is 3. The highest BCUT2D eigenvalue weighted by molar-refractivity contribution is 5.88. The number of aryl methyl sites for hydroxylation is 1. The molecular formula is C16H19N5O. The highest BCUT2D eigenvalue weighted by Gasteiger charge is 2.21. The summed E-state index contributed by atoms with van der Waals surface area (Å²) in [6, 6.07) is 9.93. The topological polar surface area (TPSA) is 78.9 Å². The molecule has 0 atom stereocenters. The fraction of sp³-hybridized carbons (Fsp3) is 0.312. The Bertz CT molecular complexity index is 679. The van der Waals surface area contributed by atoms with Crippen LogP contribution in [0.2, 0.25) is 0 Å². The van der Waals surface area contributed by atoms with E-state index in [9.17, 15) is 4.79 Å². The maximum Gasteiger partial charge on any atom is 0.229 e. The Hall–Kier alpha value is -2.63. The highest BCUT2D eigenvalue weighted by Crippen LogP contribution is 2.25. The van der Waals surface area contributed by atoms with Crippen molar-refractivity contribution in [1.82, 2.24) is 9.97 Å². The van der Waals surface area contributed by atoms with Gasteiger partial charge in [0.05, 0.1) is 0 Å². The summed E-state index contributed by atoms with van der Waals surface area (Å²) < 4.78 is 0. The van der Waals surface area contributed by atoms with Crippen LogP contribution in [0.4, 0.5) is 23.1 Å². The molecule has 0 saturated heterocycles. The minimum Gasteiger partial charge on any atom is -0.367 e. The number of amides is 1. The first-order valence-corrected chi connectivity index (χ1v) is 7.35. The first-order chi connectivity index (χ1) is 10.6. The molecular weight excluding hydrogens is 278 g/mol. The third-order valence-electron chi connectivity index (χ3n) is 3.24. The van der Waals surface area contributed by atoms with Crippen LogP contribution < -0.4 is 16.0 Å². The smallest absolute Gasteiger partial charge is 0.229 e. The lowest BCUT2D eigenvalue weighted by Crippen LogP contribution is -2.07. The average molecular weight is 297 g/mol. The Morgan fingerprint density at radius 3 is 2.45 bits per heavy atom. The number of benzene rings is 1. The summed E-state index contributed by atoms with van der Waals surface area (Å²) in [6.45, 7) is 3.44. The number of hydrogen-bond donors (Lipinski definition) is 3. The molecule has 1 aromatic heterocycles. The normalized spacial score (nSPS) is 13.5. The number of aromatic nitrogens is 2. The number of carbonyl (C=O) groups excluding carboxylic acids is 1. The molecule has 1 saturated carbocycles. The predicted molar refractivity (Wildman–Crippen MR) is 87.4 cm³/mol. The lowest BCUT2D eigenvalue weighted by Gasteiger charge is -2.10. The van der Waals surface area contributed by atoms with Crippen LogP contribution in [0.15, 0.2) is 30.3 Å². The summed E-state index contributed by atoms with van der Waals surface area (Å²) >= 11 is 0. The van der Waals surface area contributed by atoms with Crippen molar-refractivity contribution in [2.75, 3.05) is 16.0 Å². The van der Waals surface area contributed by atoms with Crippen LogP contribution in [0.5, 0.6) is 0 Å². The third kappa shape index (κ3) is 3.94. The standard InChI is InChI=1S/C16H19N5O/c1-10-9-15(19-13-5-6-13)21-16(17-10)20-14-7-3-12(4-8-14)18-11(2)22/h3-4,7-9,13H,5-6H2,1-2H3,(H,18,22)(H2,17,19,20,21). The Morgan fingerprint density at radius 2 is 1.82 bits per heavy atom. The van der Waals surface area contributed by atoms with Crippen molar-refractivity contribution in [3.8, 4) is 0 Å². The van der Waals surface area contributed by atoms with Crippen LogP contribution in [-0.4, -0.2) is 21.9 Å². The Labute approximate surface area is 129 Å². The largest absolute Gasteiger partial charge is 0.367 e. The van der Waals surface area contributed by atoms with E-state index < -0.39 is 0 Å². The van der Waals surface area contributed by atoms with Gasteiger partial charge in [-0.2, -0.15) is 4.98 Å². The number of rotatable bonds is 5. The molecule has 0 unspecified atom stereocenters. The molecule has 1 aromatic carbocycles. The van der Waals surface area contributed by atoms with E-state index in [-0.39, 0.29) is 5.91 Å². The van der Waals surface area contributed by atoms with E-state index in [1.807, 2.05) is 37.3 Å². The summed E-state index contributed by atoms with van der Waals surface area (Å²) in [6.07, 6.45) is 2.41. The van der Waals surface area contributed by atoms with E-state index in [4.69, 9.17) is 0 Å². The molecule has 0 spiro atoms. The van der Waals surface area contributed by atoms with E-state index >= 15 is 0 Å². The number of anilines is 4. The van der Waals surface area contributed by atoms with Crippen molar-refractivity contribution in [3.05, 3.63) is 36.0 Å². The average Bonchev–Trinajstić information content (AvgIpc) is 3.24. The van der Waals surface area contributed by atoms with Gasteiger partial charge in [0.15, 0.2) is 0 Å². The van der Waals surface area contributed by atoms with Gasteiger partial charge in [0.1, 0.15) is 5.82 Å². The number of nitrogens with zero attached hydrogens (tertiary/aromatic N) is 2. The van der Waals surface area contributed by atoms with Crippen molar-refractivity contribution >= 4 is 29.0 Å². The van der Waals surface area contributed by atoms with E-state index in [0.29, 0.717) is 12.0 Å². The quantitative estimate of drug-likeness (QED) is 0.790. The van der Waals surface area contributed by atoms with Gasteiger partial charge in [-0.05, 0) is 44.0 Å². The summed E-state index contributed by atoms with van der Waals surface area (Å²) in [5.74, 6) is 1.33. The van der Waals surface area contributed by atoms with E-state index in [2.05, 4.69) is 25.9 Å². The second-order valence-electron chi connectivity index (χ2n) is 5.52. The molecule has 6 heteroatoms. The Morgan fingerprint density at radius 1 is 1.14 bits per heavy atom. The van der Waals surface area contributed by atoms with Gasteiger partial charge in [0.25, 0.3) is 0 Å². The molecule has 1 amide bonds. The van der Waals surface area contributed by atoms with Crippen LogP contribution in [0.1, 0.15) is 25.5 Å². The van der Waals surface area contributed by atoms with Crippen LogP contribution >= 0.6 is 0 Å². The Balaban J connectivity index is 1.71. The SMILES string of the molecule is CC(=O)Nc1ccc(Nc2nc(C)cc(NC3CC3)n2)cc1. The molecule has 114 valence electrons. The van der Waals surface area contributed by atoms with Crippen molar-refractivity contribution < 1.29 is 4.79 Å². The summed E-state index contributed by atoms with van der Waals surface area (Å²) in [5, 5.41) is 9.29. The van der Waals surface area contributed by atoms with Gasteiger partial charge < -0.3 is 16.0 Å². The van der Waals surface area contributed by atoms with E-state index in [1.54, 1.807) is 0 Å². The predicted octanol–water partition coefficient (Wildman–Crippen LogP) is 3.06. The zero-order valence-electron chi connectivity index (χ0n) is 12.7. The Kier molecular flexibility index (Phi) is 3.91. The first-order valence-electron chi connectivity index (χ1n) is 7.35. The van der Waals surface area contributed by atoms with Gasteiger partial charge in [-0.1, -0.05) is 0 Å². The lowest BCUT2D eigenvalue weighted by molar-refractivity contribution is -0.114. The second kappa shape index (κ2) is 6.01. The van der Waals surface area contributed by atoms with Crippen LogP contribution in [0, 0.1) is 6.92 Å². The van der Waals surface area contributed by atoms with Crippen molar-refractivity contribution in [2.24, 2.45) is 0 Å². The monoisotopic (exact) mass is 297 g/mol. The van der Waals surface area contributed by atoms with Crippen molar-refractivity contribution in [1.29, 1.82) is 0 Å². The maximum absolute atomic E-state index is 11.0. The molecule has 1 aliphatic carbocycles. The molecule has 0 bridgehead atoms. The number of hydrogen-bond acceptors (Lipinski definition) is 5. The van der Waals surface area contributed by atoms with Crippen molar-refractivity contribution in [3.63, 3.8) is 0 Å². The molecule has 3 rings (SSSR count). The van der Waals surface area contributed by atoms with Gasteiger partial charge in [0.2, 0.25) is 11.9 Å². The van der Waals surface area contributed by atoms with E-state index in [1.165, 1.54) is 19.8 Å². The summed E-state index contributed by atoms with van der Waals surface area (Å²) in [4.78, 5) is 19.9. The fourth-order valence-corrected chi connectivity index (χ4v) is 2.10. The summed E-state index contributed by atoms with van der Waals surface area (Å²) in [7, 11) is 0. The zero-order valence-corrected chi connectivity index (χ0v) is 12.7. The molecule has 0 aliphatic heterocycles. The minimum atomic E-state index is -0.0847. The summed E-state index contributed by atoms with van der Waals surface area (Å²) in [5.41, 5.74) is 2.55. The fourth-order valence-electron chi connectivity index (χ4n) is 2.10. The van der Waals surface area contributed by atoms with Crippen LogP contribution in [-0.2, 0) is 4.79 Å². The van der Waals surface area contributed by atoms with Crippen LogP contribution in [0.25, 0.3) is 0 Å². The minimum absolute atomic E-state index is 0.0847. The molecule has 1 aliphatic rings. The molecule has 0 radical (unpaired) electrons. The van der Waals surface area contributed by atoms with Crippen molar-refractivity contribution in [2.45, 2.75) is 32.7 Å². The van der Waals surface area contributed by atoms with Gasteiger partial charge in [-0.15, -0.1) is 0 Å². The molecule has 6 nitrogen and oxygen atoms in total. The van der Waals surface area contributed by atoms with Gasteiger partial charge in [0, 0.05) is 36.1 Å². The number of carbonyl (C=O) groups is 1. The van der Waals surface area contributed by atoms with Crippen LogP contribution in [0.3, 0.4) is 0 Å². The lowest BCUT2D eigenvalue weighted by atomic mass is 10.3. The van der Waals surface area contributed by atoms with Gasteiger partial charge in [-0.25, -0.2) is 4.98 Å². The second-order valence-corrected chi connectivity index (χ2v) is 5.52. The molecule has 22 heavy (non-hydrogen) atoms. The maximum atomic E-state index is 11.0.